The van der Waals surface area contributed by atoms with Crippen LogP contribution in [0.15, 0.2) is 24.4 Å². The summed E-state index contributed by atoms with van der Waals surface area (Å²) in [7, 11) is 0. The number of halogens is 1. The van der Waals surface area contributed by atoms with Crippen molar-refractivity contribution in [2.45, 2.75) is 32.4 Å². The van der Waals surface area contributed by atoms with Crippen molar-refractivity contribution < 1.29 is 0 Å². The van der Waals surface area contributed by atoms with Gasteiger partial charge in [-0.1, -0.05) is 11.6 Å². The molecule has 9 heteroatoms. The Balaban J connectivity index is 1.79. The number of benzene rings is 1. The van der Waals surface area contributed by atoms with Crippen LogP contribution in [-0.4, -0.2) is 38.7 Å². The van der Waals surface area contributed by atoms with E-state index in [0.29, 0.717) is 22.6 Å². The van der Waals surface area contributed by atoms with Crippen LogP contribution >= 0.6 is 11.6 Å². The Morgan fingerprint density at radius 1 is 1.30 bits per heavy atom. The standard InChI is InChI=1S/C18H23ClN8/c1-10(2)23-17-22-9-15-16(26-17)27(14-3-4-21-8-14)18(25-15)24-13-6-11(19)5-12(20)7-13/h5-7,9-10,14,21H,3-4,8,20H2,1-2H3,(H,24,25)(H,22,23,26). The van der Waals surface area contributed by atoms with Gasteiger partial charge < -0.3 is 21.7 Å². The van der Waals surface area contributed by atoms with Crippen molar-refractivity contribution in [3.8, 4) is 0 Å². The summed E-state index contributed by atoms with van der Waals surface area (Å²) in [5.41, 5.74) is 8.86. The second-order valence-corrected chi connectivity index (χ2v) is 7.49. The predicted molar refractivity (Wildman–Crippen MR) is 110 cm³/mol. The zero-order valence-electron chi connectivity index (χ0n) is 15.3. The molecule has 0 spiro atoms. The molecule has 1 saturated heterocycles. The van der Waals surface area contributed by atoms with Crippen molar-refractivity contribution >= 4 is 46.0 Å². The normalized spacial score (nSPS) is 17.0. The Morgan fingerprint density at radius 3 is 2.85 bits per heavy atom. The van der Waals surface area contributed by atoms with E-state index in [0.717, 1.165) is 36.4 Å². The number of rotatable bonds is 5. The Labute approximate surface area is 162 Å². The zero-order chi connectivity index (χ0) is 19.0. The minimum Gasteiger partial charge on any atom is -0.399 e. The smallest absolute Gasteiger partial charge is 0.224 e. The maximum atomic E-state index is 6.14. The van der Waals surface area contributed by atoms with E-state index in [9.17, 15) is 0 Å². The molecule has 3 heterocycles. The van der Waals surface area contributed by atoms with Gasteiger partial charge in [0.15, 0.2) is 5.65 Å². The molecule has 1 atom stereocenters. The van der Waals surface area contributed by atoms with Gasteiger partial charge in [0.25, 0.3) is 0 Å². The summed E-state index contributed by atoms with van der Waals surface area (Å²) < 4.78 is 2.14. The molecule has 1 aliphatic rings. The van der Waals surface area contributed by atoms with E-state index in [2.05, 4.69) is 39.3 Å². The van der Waals surface area contributed by atoms with Gasteiger partial charge in [-0.15, -0.1) is 0 Å². The van der Waals surface area contributed by atoms with Gasteiger partial charge in [-0.2, -0.15) is 4.98 Å². The first-order valence-corrected chi connectivity index (χ1v) is 9.42. The quantitative estimate of drug-likeness (QED) is 0.499. The number of nitrogens with zero attached hydrogens (tertiary/aromatic N) is 4. The van der Waals surface area contributed by atoms with Gasteiger partial charge in [-0.05, 0) is 45.0 Å². The number of hydrogen-bond donors (Lipinski definition) is 4. The van der Waals surface area contributed by atoms with E-state index in [1.165, 1.54) is 0 Å². The third kappa shape index (κ3) is 3.77. The van der Waals surface area contributed by atoms with E-state index in [4.69, 9.17) is 27.3 Å². The molecule has 27 heavy (non-hydrogen) atoms. The average Bonchev–Trinajstić information content (AvgIpc) is 3.20. The van der Waals surface area contributed by atoms with Gasteiger partial charge in [0.2, 0.25) is 11.9 Å². The highest BCUT2D eigenvalue weighted by molar-refractivity contribution is 6.31. The number of imidazole rings is 1. The van der Waals surface area contributed by atoms with E-state index < -0.39 is 0 Å². The summed E-state index contributed by atoms with van der Waals surface area (Å²) in [5.74, 6) is 1.31. The summed E-state index contributed by atoms with van der Waals surface area (Å²) in [6.45, 7) is 5.95. The van der Waals surface area contributed by atoms with Gasteiger partial charge in [-0.3, -0.25) is 4.57 Å². The summed E-state index contributed by atoms with van der Waals surface area (Å²) >= 11 is 6.14. The number of hydrogen-bond acceptors (Lipinski definition) is 7. The monoisotopic (exact) mass is 386 g/mol. The van der Waals surface area contributed by atoms with Crippen LogP contribution in [0.3, 0.4) is 0 Å². The Kier molecular flexibility index (Phi) is 4.75. The fourth-order valence-corrected chi connectivity index (χ4v) is 3.57. The molecule has 8 nitrogen and oxygen atoms in total. The van der Waals surface area contributed by atoms with Crippen LogP contribution in [-0.2, 0) is 0 Å². The lowest BCUT2D eigenvalue weighted by atomic mass is 10.2. The minimum atomic E-state index is 0.249. The molecule has 2 aromatic heterocycles. The van der Waals surface area contributed by atoms with Gasteiger partial charge >= 0.3 is 0 Å². The molecule has 1 fully saturated rings. The van der Waals surface area contributed by atoms with Crippen LogP contribution in [0.25, 0.3) is 11.2 Å². The second-order valence-electron chi connectivity index (χ2n) is 7.05. The summed E-state index contributed by atoms with van der Waals surface area (Å²) in [6.07, 6.45) is 2.76. The van der Waals surface area contributed by atoms with Gasteiger partial charge in [0.05, 0.1) is 12.2 Å². The molecular weight excluding hydrogens is 364 g/mol. The molecule has 0 bridgehead atoms. The van der Waals surface area contributed by atoms with E-state index in [1.54, 1.807) is 12.3 Å². The van der Waals surface area contributed by atoms with Crippen LogP contribution < -0.4 is 21.7 Å². The lowest BCUT2D eigenvalue weighted by Crippen LogP contribution is -2.16. The molecule has 0 amide bonds. The highest BCUT2D eigenvalue weighted by Gasteiger charge is 2.24. The highest BCUT2D eigenvalue weighted by atomic mass is 35.5. The molecule has 5 N–H and O–H groups in total. The van der Waals surface area contributed by atoms with Crippen LogP contribution in [0, 0.1) is 0 Å². The zero-order valence-corrected chi connectivity index (χ0v) is 16.1. The summed E-state index contributed by atoms with van der Waals surface area (Å²) in [4.78, 5) is 13.8. The maximum absolute atomic E-state index is 6.14. The van der Waals surface area contributed by atoms with Gasteiger partial charge in [0.1, 0.15) is 5.52 Å². The third-order valence-electron chi connectivity index (χ3n) is 4.43. The molecule has 4 rings (SSSR count). The van der Waals surface area contributed by atoms with Crippen LogP contribution in [0.1, 0.15) is 26.3 Å². The Hall–Kier alpha value is -2.58. The number of nitrogens with one attached hydrogen (secondary N) is 3. The Bertz CT molecular complexity index is 941. The lowest BCUT2D eigenvalue weighted by Gasteiger charge is -2.16. The summed E-state index contributed by atoms with van der Waals surface area (Å²) in [5, 5.41) is 10.6. The van der Waals surface area contributed by atoms with Crippen LogP contribution in [0.4, 0.5) is 23.3 Å². The number of nitrogen functional groups attached to an aromatic ring is 1. The molecule has 1 unspecified atom stereocenters. The molecule has 142 valence electrons. The number of anilines is 4. The van der Waals surface area contributed by atoms with Gasteiger partial charge in [-0.25, -0.2) is 9.97 Å². The molecule has 0 aliphatic carbocycles. The summed E-state index contributed by atoms with van der Waals surface area (Å²) in [6, 6.07) is 5.88. The predicted octanol–water partition coefficient (Wildman–Crippen LogP) is 3.16. The van der Waals surface area contributed by atoms with Crippen LogP contribution in [0.2, 0.25) is 5.02 Å². The molecule has 0 saturated carbocycles. The molecule has 3 aromatic rings. The van der Waals surface area contributed by atoms with Crippen molar-refractivity contribution in [1.29, 1.82) is 0 Å². The molecule has 0 radical (unpaired) electrons. The van der Waals surface area contributed by atoms with Crippen molar-refractivity contribution in [1.82, 2.24) is 24.8 Å². The van der Waals surface area contributed by atoms with E-state index >= 15 is 0 Å². The van der Waals surface area contributed by atoms with E-state index in [1.807, 2.05) is 12.1 Å². The van der Waals surface area contributed by atoms with Crippen molar-refractivity contribution in [3.63, 3.8) is 0 Å². The fourth-order valence-electron chi connectivity index (χ4n) is 3.33. The lowest BCUT2D eigenvalue weighted by molar-refractivity contribution is 0.564. The first kappa shape index (κ1) is 17.8. The topological polar surface area (TPSA) is 106 Å². The molecule has 1 aliphatic heterocycles. The van der Waals surface area contributed by atoms with Crippen molar-refractivity contribution in [2.24, 2.45) is 0 Å². The van der Waals surface area contributed by atoms with Crippen LogP contribution in [0.5, 0.6) is 0 Å². The highest BCUT2D eigenvalue weighted by Crippen LogP contribution is 2.30. The molecule has 1 aromatic carbocycles. The number of fused-ring (bicyclic) bond motifs is 1. The maximum Gasteiger partial charge on any atom is 0.224 e. The van der Waals surface area contributed by atoms with Crippen molar-refractivity contribution in [2.75, 3.05) is 29.5 Å². The second kappa shape index (κ2) is 7.21. The first-order chi connectivity index (χ1) is 13.0. The third-order valence-corrected chi connectivity index (χ3v) is 4.64. The number of nitrogens with two attached hydrogens (primary N) is 1. The minimum absolute atomic E-state index is 0.249. The average molecular weight is 387 g/mol. The van der Waals surface area contributed by atoms with Gasteiger partial charge in [0, 0.05) is 29.0 Å². The molecular formula is C18H23ClN8. The SMILES string of the molecule is CC(C)Nc1ncc2nc(Nc3cc(N)cc(Cl)c3)n(C3CCNC3)c2n1. The largest absolute Gasteiger partial charge is 0.399 e. The van der Waals surface area contributed by atoms with Crippen molar-refractivity contribution in [3.05, 3.63) is 29.4 Å². The van der Waals surface area contributed by atoms with E-state index in [-0.39, 0.29) is 12.1 Å². The Morgan fingerprint density at radius 2 is 2.15 bits per heavy atom. The fraction of sp³-hybridized carbons (Fsp3) is 0.389. The first-order valence-electron chi connectivity index (χ1n) is 9.05. The number of aromatic nitrogens is 4.